The molecule has 0 fully saturated rings. The van der Waals surface area contributed by atoms with Crippen molar-refractivity contribution in [2.75, 3.05) is 0 Å². The zero-order valence-electron chi connectivity index (χ0n) is 8.81. The molecule has 0 saturated heterocycles. The average molecular weight is 231 g/mol. The number of halogens is 2. The summed E-state index contributed by atoms with van der Waals surface area (Å²) in [4.78, 5) is 9.94. The van der Waals surface area contributed by atoms with Crippen molar-refractivity contribution in [2.24, 2.45) is 0 Å². The Morgan fingerprint density at radius 3 is 2.38 bits per heavy atom. The van der Waals surface area contributed by atoms with E-state index in [4.69, 9.17) is 0 Å². The summed E-state index contributed by atoms with van der Waals surface area (Å²) in [5.41, 5.74) is 0.340. The molecule has 0 aliphatic rings. The molecule has 16 heavy (non-hydrogen) atoms. The Morgan fingerprint density at radius 1 is 1.31 bits per heavy atom. The van der Waals surface area contributed by atoms with E-state index in [-0.39, 0.29) is 17.4 Å². The van der Waals surface area contributed by atoms with Crippen molar-refractivity contribution in [3.05, 3.63) is 33.9 Å². The van der Waals surface area contributed by atoms with Crippen molar-refractivity contribution in [1.82, 2.24) is 0 Å². The molecule has 0 N–H and O–H groups in total. The normalized spacial score (nSPS) is 10.9. The topological polar surface area (TPSA) is 52.4 Å². The van der Waals surface area contributed by atoms with Gasteiger partial charge in [0.25, 0.3) is 5.69 Å². The number of nitro groups is 1. The fraction of sp³-hybridized carbons (Fsp3) is 0.400. The molecule has 1 rings (SSSR count). The highest BCUT2D eigenvalue weighted by Gasteiger charge is 2.14. The Bertz CT molecular complexity index is 394. The van der Waals surface area contributed by atoms with E-state index >= 15 is 0 Å². The van der Waals surface area contributed by atoms with Gasteiger partial charge >= 0.3 is 6.61 Å². The van der Waals surface area contributed by atoms with E-state index in [0.29, 0.717) is 5.56 Å². The van der Waals surface area contributed by atoms with Crippen molar-refractivity contribution >= 4 is 5.69 Å². The quantitative estimate of drug-likeness (QED) is 0.590. The summed E-state index contributed by atoms with van der Waals surface area (Å²) < 4.78 is 28.1. The van der Waals surface area contributed by atoms with Gasteiger partial charge in [-0.05, 0) is 17.5 Å². The second-order valence-corrected chi connectivity index (χ2v) is 3.55. The van der Waals surface area contributed by atoms with Gasteiger partial charge in [-0.2, -0.15) is 8.78 Å². The summed E-state index contributed by atoms with van der Waals surface area (Å²) in [6, 6.07) is 3.71. The van der Waals surface area contributed by atoms with Crippen LogP contribution in [0.5, 0.6) is 5.75 Å². The molecule has 6 heteroatoms. The third-order valence-electron chi connectivity index (χ3n) is 2.02. The van der Waals surface area contributed by atoms with Gasteiger partial charge in [0.1, 0.15) is 5.75 Å². The Kier molecular flexibility index (Phi) is 3.76. The first-order valence-corrected chi connectivity index (χ1v) is 4.64. The van der Waals surface area contributed by atoms with Crippen LogP contribution < -0.4 is 4.74 Å². The third kappa shape index (κ3) is 3.15. The Morgan fingerprint density at radius 2 is 1.94 bits per heavy atom. The molecular weight excluding hydrogens is 220 g/mol. The molecule has 0 bridgehead atoms. The molecule has 0 aromatic heterocycles. The maximum absolute atomic E-state index is 12.0. The predicted molar refractivity (Wildman–Crippen MR) is 53.8 cm³/mol. The first kappa shape index (κ1) is 12.4. The van der Waals surface area contributed by atoms with Gasteiger partial charge < -0.3 is 4.74 Å². The van der Waals surface area contributed by atoms with E-state index in [1.165, 1.54) is 12.1 Å². The number of nitro benzene ring substituents is 1. The maximum atomic E-state index is 12.0. The average Bonchev–Trinajstić information content (AvgIpc) is 2.15. The number of nitrogens with zero attached hydrogens (tertiary/aromatic N) is 1. The van der Waals surface area contributed by atoms with Crippen LogP contribution in [-0.4, -0.2) is 11.5 Å². The molecule has 1 aromatic rings. The van der Waals surface area contributed by atoms with E-state index in [1.54, 1.807) is 0 Å². The smallest absolute Gasteiger partial charge is 0.387 e. The van der Waals surface area contributed by atoms with Crippen LogP contribution in [0.15, 0.2) is 18.2 Å². The number of hydrogen-bond acceptors (Lipinski definition) is 3. The summed E-state index contributed by atoms with van der Waals surface area (Å²) in [6.07, 6.45) is 0. The molecule has 0 spiro atoms. The standard InChI is InChI=1S/C10H11F2NO3/c1-6(2)7-3-8(13(14)15)5-9(4-7)16-10(11)12/h3-6,10H,1-2H3. The lowest BCUT2D eigenvalue weighted by molar-refractivity contribution is -0.385. The molecule has 0 amide bonds. The number of benzene rings is 1. The molecule has 0 heterocycles. The van der Waals surface area contributed by atoms with Crippen molar-refractivity contribution in [3.63, 3.8) is 0 Å². The van der Waals surface area contributed by atoms with Crippen LogP contribution in [0.1, 0.15) is 25.3 Å². The molecule has 0 unspecified atom stereocenters. The van der Waals surface area contributed by atoms with Gasteiger partial charge in [0.2, 0.25) is 0 Å². The highest BCUT2D eigenvalue weighted by molar-refractivity contribution is 5.43. The molecule has 0 aliphatic heterocycles. The Labute approximate surface area is 91.0 Å². The van der Waals surface area contributed by atoms with Crippen LogP contribution in [0, 0.1) is 10.1 Å². The van der Waals surface area contributed by atoms with Crippen molar-refractivity contribution < 1.29 is 18.4 Å². The second-order valence-electron chi connectivity index (χ2n) is 3.55. The van der Waals surface area contributed by atoms with E-state index in [2.05, 4.69) is 4.74 Å². The SMILES string of the molecule is CC(C)c1cc(OC(F)F)cc([N+](=O)[O-])c1. The first-order chi connectivity index (χ1) is 7.40. The minimum absolute atomic E-state index is 0.0000718. The van der Waals surface area contributed by atoms with E-state index in [1.807, 2.05) is 13.8 Å². The van der Waals surface area contributed by atoms with E-state index in [9.17, 15) is 18.9 Å². The molecule has 4 nitrogen and oxygen atoms in total. The van der Waals surface area contributed by atoms with Gasteiger partial charge in [0.15, 0.2) is 0 Å². The van der Waals surface area contributed by atoms with Gasteiger partial charge in [-0.1, -0.05) is 13.8 Å². The maximum Gasteiger partial charge on any atom is 0.387 e. The molecule has 88 valence electrons. The lowest BCUT2D eigenvalue weighted by atomic mass is 10.0. The molecule has 0 saturated carbocycles. The minimum atomic E-state index is -2.98. The second kappa shape index (κ2) is 4.87. The lowest BCUT2D eigenvalue weighted by Crippen LogP contribution is -2.03. The summed E-state index contributed by atoms with van der Waals surface area (Å²) in [5.74, 6) is -0.187. The minimum Gasteiger partial charge on any atom is -0.435 e. The summed E-state index contributed by atoms with van der Waals surface area (Å²) in [7, 11) is 0. The lowest BCUT2D eigenvalue weighted by Gasteiger charge is -2.09. The molecule has 0 aliphatic carbocycles. The summed E-state index contributed by atoms with van der Waals surface area (Å²) in [6.45, 7) is 0.637. The number of rotatable bonds is 4. The number of alkyl halides is 2. The molecular formula is C10H11F2NO3. The van der Waals surface area contributed by atoms with Crippen molar-refractivity contribution in [3.8, 4) is 5.75 Å². The van der Waals surface area contributed by atoms with Crippen molar-refractivity contribution in [1.29, 1.82) is 0 Å². The van der Waals surface area contributed by atoms with E-state index < -0.39 is 11.5 Å². The van der Waals surface area contributed by atoms with Crippen LogP contribution in [-0.2, 0) is 0 Å². The fourth-order valence-corrected chi connectivity index (χ4v) is 1.22. The van der Waals surface area contributed by atoms with Gasteiger partial charge in [-0.25, -0.2) is 0 Å². The molecule has 1 aromatic carbocycles. The Balaban J connectivity index is 3.13. The zero-order chi connectivity index (χ0) is 12.3. The van der Waals surface area contributed by atoms with Crippen LogP contribution in [0.3, 0.4) is 0 Å². The van der Waals surface area contributed by atoms with Crippen LogP contribution in [0.4, 0.5) is 14.5 Å². The highest BCUT2D eigenvalue weighted by atomic mass is 19.3. The number of hydrogen-bond donors (Lipinski definition) is 0. The molecule has 0 atom stereocenters. The van der Waals surface area contributed by atoms with Gasteiger partial charge in [0, 0.05) is 6.07 Å². The van der Waals surface area contributed by atoms with Crippen molar-refractivity contribution in [2.45, 2.75) is 26.4 Å². The zero-order valence-corrected chi connectivity index (χ0v) is 8.81. The summed E-state index contributed by atoms with van der Waals surface area (Å²) >= 11 is 0. The largest absolute Gasteiger partial charge is 0.435 e. The fourth-order valence-electron chi connectivity index (χ4n) is 1.22. The highest BCUT2D eigenvalue weighted by Crippen LogP contribution is 2.28. The van der Waals surface area contributed by atoms with E-state index in [0.717, 1.165) is 6.07 Å². The molecule has 0 radical (unpaired) electrons. The van der Waals surface area contributed by atoms with Crippen LogP contribution in [0.2, 0.25) is 0 Å². The number of ether oxygens (including phenoxy) is 1. The first-order valence-electron chi connectivity index (χ1n) is 4.64. The monoisotopic (exact) mass is 231 g/mol. The third-order valence-corrected chi connectivity index (χ3v) is 2.02. The van der Waals surface area contributed by atoms with Crippen LogP contribution in [0.25, 0.3) is 0 Å². The summed E-state index contributed by atoms with van der Waals surface area (Å²) in [5, 5.41) is 10.6. The van der Waals surface area contributed by atoms with Gasteiger partial charge in [0.05, 0.1) is 11.0 Å². The van der Waals surface area contributed by atoms with Crippen LogP contribution >= 0.6 is 0 Å². The van der Waals surface area contributed by atoms with Gasteiger partial charge in [-0.15, -0.1) is 0 Å². The van der Waals surface area contributed by atoms with Gasteiger partial charge in [-0.3, -0.25) is 10.1 Å². The number of non-ortho nitro benzene ring substituents is 1. The predicted octanol–water partition coefficient (Wildman–Crippen LogP) is 3.32. The Hall–Kier alpha value is -1.72.